The van der Waals surface area contributed by atoms with Gasteiger partial charge >= 0.3 is 29.6 Å². The van der Waals surface area contributed by atoms with E-state index in [0.29, 0.717) is 19.3 Å². The Balaban J connectivity index is 0. The van der Waals surface area contributed by atoms with Gasteiger partial charge < -0.3 is 9.90 Å². The van der Waals surface area contributed by atoms with Crippen LogP contribution >= 0.6 is 0 Å². The molecule has 0 aliphatic carbocycles. The number of carboxylic acids is 1. The summed E-state index contributed by atoms with van der Waals surface area (Å²) in [5, 5.41) is 10.3. The molecule has 12 heavy (non-hydrogen) atoms. The van der Waals surface area contributed by atoms with E-state index in [-0.39, 0.29) is 35.3 Å². The Labute approximate surface area is 94.8 Å². The quantitative estimate of drug-likeness (QED) is 0.338. The summed E-state index contributed by atoms with van der Waals surface area (Å²) in [6, 6.07) is 0. The van der Waals surface area contributed by atoms with Gasteiger partial charge in [0, 0.05) is 6.42 Å². The minimum absolute atomic E-state index is 0. The number of hydrogen-bond donors (Lipinski definition) is 0. The Bertz CT molecular complexity index is 156. The van der Waals surface area contributed by atoms with Crippen LogP contribution in [0.15, 0.2) is 0 Å². The zero-order valence-electron chi connectivity index (χ0n) is 7.92. The van der Waals surface area contributed by atoms with Crippen LogP contribution in [-0.2, 0) is 9.59 Å². The average Bonchev–Trinajstić information content (AvgIpc) is 1.88. The number of ketones is 1. The second kappa shape index (κ2) is 7.77. The van der Waals surface area contributed by atoms with Crippen molar-refractivity contribution in [2.24, 2.45) is 5.92 Å². The first-order valence-corrected chi connectivity index (χ1v) is 3.87. The largest absolute Gasteiger partial charge is 1.00 e. The van der Waals surface area contributed by atoms with Gasteiger partial charge in [0.1, 0.15) is 5.78 Å². The molecule has 0 amide bonds. The molecule has 0 saturated heterocycles. The number of carbonyl (C=O) groups is 2. The molecule has 64 valence electrons. The van der Waals surface area contributed by atoms with Crippen LogP contribution in [0, 0.1) is 5.92 Å². The minimum Gasteiger partial charge on any atom is -0.549 e. The van der Waals surface area contributed by atoms with Crippen molar-refractivity contribution < 1.29 is 44.3 Å². The van der Waals surface area contributed by atoms with Crippen LogP contribution in [-0.4, -0.2) is 11.8 Å². The van der Waals surface area contributed by atoms with Crippen molar-refractivity contribution in [2.45, 2.75) is 33.1 Å². The van der Waals surface area contributed by atoms with Crippen molar-refractivity contribution in [3.05, 3.63) is 0 Å². The number of aliphatic carboxylic acids is 1. The molecule has 0 aliphatic rings. The van der Waals surface area contributed by atoms with E-state index in [9.17, 15) is 14.7 Å². The smallest absolute Gasteiger partial charge is 0.549 e. The van der Waals surface area contributed by atoms with Crippen molar-refractivity contribution in [1.29, 1.82) is 0 Å². The summed E-state index contributed by atoms with van der Waals surface area (Å²) in [5.74, 6) is -2.35. The number of hydrogen-bond acceptors (Lipinski definition) is 3. The summed E-state index contributed by atoms with van der Waals surface area (Å²) in [7, 11) is 0. The van der Waals surface area contributed by atoms with Gasteiger partial charge in [-0.1, -0.05) is 13.8 Å². The first kappa shape index (κ1) is 14.7. The zero-order valence-corrected chi connectivity index (χ0v) is 9.92. The standard InChI is InChI=1S/C8H14O3.Na/c1-3-5-7(9)6(4-2)8(10)11;/h6H,3-5H2,1-2H3,(H,10,11);/q;+1/p-1. The van der Waals surface area contributed by atoms with Crippen LogP contribution in [0.4, 0.5) is 0 Å². The van der Waals surface area contributed by atoms with Crippen LogP contribution in [0.3, 0.4) is 0 Å². The van der Waals surface area contributed by atoms with E-state index in [1.165, 1.54) is 0 Å². The molecule has 0 spiro atoms. The Morgan fingerprint density at radius 2 is 1.83 bits per heavy atom. The third-order valence-corrected chi connectivity index (χ3v) is 1.58. The number of carbonyl (C=O) groups excluding carboxylic acids is 2. The van der Waals surface area contributed by atoms with E-state index in [2.05, 4.69) is 0 Å². The van der Waals surface area contributed by atoms with Gasteiger partial charge in [-0.05, 0) is 12.8 Å². The minimum atomic E-state index is -1.24. The molecule has 0 radical (unpaired) electrons. The molecule has 4 heteroatoms. The van der Waals surface area contributed by atoms with Crippen LogP contribution in [0.1, 0.15) is 33.1 Å². The van der Waals surface area contributed by atoms with Crippen LogP contribution < -0.4 is 34.7 Å². The molecule has 0 aromatic heterocycles. The molecule has 0 bridgehead atoms. The molecule has 3 nitrogen and oxygen atoms in total. The summed E-state index contributed by atoms with van der Waals surface area (Å²) < 4.78 is 0. The molecule has 0 aliphatic heterocycles. The van der Waals surface area contributed by atoms with Gasteiger partial charge in [0.2, 0.25) is 0 Å². The van der Waals surface area contributed by atoms with Gasteiger partial charge in [0.05, 0.1) is 11.9 Å². The molecule has 0 aromatic carbocycles. The first-order valence-electron chi connectivity index (χ1n) is 3.87. The molecule has 0 aromatic rings. The van der Waals surface area contributed by atoms with Crippen LogP contribution in [0.5, 0.6) is 0 Å². The Hall–Kier alpha value is 0.140. The van der Waals surface area contributed by atoms with E-state index in [1.807, 2.05) is 6.92 Å². The van der Waals surface area contributed by atoms with Gasteiger partial charge in [-0.2, -0.15) is 0 Å². The summed E-state index contributed by atoms with van der Waals surface area (Å²) >= 11 is 0. The molecular formula is C8H13NaO3. The summed E-state index contributed by atoms with van der Waals surface area (Å²) in [5.41, 5.74) is 0. The third-order valence-electron chi connectivity index (χ3n) is 1.58. The molecule has 0 saturated carbocycles. The van der Waals surface area contributed by atoms with Crippen molar-refractivity contribution in [1.82, 2.24) is 0 Å². The summed E-state index contributed by atoms with van der Waals surface area (Å²) in [4.78, 5) is 21.3. The van der Waals surface area contributed by atoms with Gasteiger partial charge in [-0.15, -0.1) is 0 Å². The molecule has 1 atom stereocenters. The van der Waals surface area contributed by atoms with E-state index < -0.39 is 11.9 Å². The van der Waals surface area contributed by atoms with E-state index >= 15 is 0 Å². The van der Waals surface area contributed by atoms with Crippen LogP contribution in [0.25, 0.3) is 0 Å². The maximum atomic E-state index is 11.0. The fourth-order valence-corrected chi connectivity index (χ4v) is 0.946. The topological polar surface area (TPSA) is 57.2 Å². The molecular weight excluding hydrogens is 167 g/mol. The third kappa shape index (κ3) is 4.91. The second-order valence-electron chi connectivity index (χ2n) is 2.50. The van der Waals surface area contributed by atoms with Crippen molar-refractivity contribution in [2.75, 3.05) is 0 Å². The number of rotatable bonds is 5. The molecule has 0 fully saturated rings. The fraction of sp³-hybridized carbons (Fsp3) is 0.750. The first-order chi connectivity index (χ1) is 5.13. The molecule has 0 rings (SSSR count). The summed E-state index contributed by atoms with van der Waals surface area (Å²) in [6.07, 6.45) is 1.37. The summed E-state index contributed by atoms with van der Waals surface area (Å²) in [6.45, 7) is 3.52. The number of Topliss-reactive ketones (excluding diaryl/α,β-unsaturated/α-hetero) is 1. The zero-order chi connectivity index (χ0) is 8.85. The molecule has 0 N–H and O–H groups in total. The second-order valence-corrected chi connectivity index (χ2v) is 2.50. The van der Waals surface area contributed by atoms with Gasteiger partial charge in [-0.25, -0.2) is 0 Å². The Morgan fingerprint density at radius 3 is 2.08 bits per heavy atom. The Morgan fingerprint density at radius 1 is 1.33 bits per heavy atom. The average molecular weight is 180 g/mol. The van der Waals surface area contributed by atoms with E-state index in [0.717, 1.165) is 0 Å². The van der Waals surface area contributed by atoms with Gasteiger partial charge in [0.15, 0.2) is 0 Å². The Kier molecular flexibility index (Phi) is 9.49. The number of carboxylic acid groups (broad SMARTS) is 1. The van der Waals surface area contributed by atoms with E-state index in [1.54, 1.807) is 6.92 Å². The monoisotopic (exact) mass is 180 g/mol. The van der Waals surface area contributed by atoms with Crippen molar-refractivity contribution >= 4 is 11.8 Å². The normalized spacial score (nSPS) is 11.5. The van der Waals surface area contributed by atoms with Crippen LogP contribution in [0.2, 0.25) is 0 Å². The fourth-order valence-electron chi connectivity index (χ4n) is 0.946. The SMILES string of the molecule is CCCC(=O)C(CC)C(=O)[O-].[Na+]. The maximum absolute atomic E-state index is 11.0. The van der Waals surface area contributed by atoms with E-state index in [4.69, 9.17) is 0 Å². The van der Waals surface area contributed by atoms with Gasteiger partial charge in [0.25, 0.3) is 0 Å². The maximum Gasteiger partial charge on any atom is 1.00 e. The van der Waals surface area contributed by atoms with Crippen molar-refractivity contribution in [3.8, 4) is 0 Å². The van der Waals surface area contributed by atoms with Gasteiger partial charge in [-0.3, -0.25) is 4.79 Å². The van der Waals surface area contributed by atoms with Crippen molar-refractivity contribution in [3.63, 3.8) is 0 Å². The molecule has 1 unspecified atom stereocenters. The molecule has 0 heterocycles. The predicted octanol–water partition coefficient (Wildman–Crippen LogP) is -2.86. The predicted molar refractivity (Wildman–Crippen MR) is 38.7 cm³/mol.